The minimum Gasteiger partial charge on any atom is -0.478 e. The van der Waals surface area contributed by atoms with Gasteiger partial charge in [0.05, 0.1) is 5.56 Å². The van der Waals surface area contributed by atoms with E-state index >= 15 is 0 Å². The van der Waals surface area contributed by atoms with Crippen molar-refractivity contribution in [3.05, 3.63) is 65.2 Å². The molecule has 0 atom stereocenters. The van der Waals surface area contributed by atoms with Crippen molar-refractivity contribution in [3.8, 4) is 0 Å². The molecule has 0 spiro atoms. The molecular weight excluding hydrogens is 284 g/mol. The Morgan fingerprint density at radius 1 is 0.952 bits per heavy atom. The Bertz CT molecular complexity index is 630. The summed E-state index contributed by atoms with van der Waals surface area (Å²) in [5.41, 5.74) is 2.11. The zero-order valence-corrected chi connectivity index (χ0v) is 12.5. The Labute approximate surface area is 128 Å². The lowest BCUT2D eigenvalue weighted by Gasteiger charge is -2.04. The van der Waals surface area contributed by atoms with Gasteiger partial charge in [-0.15, -0.1) is 11.8 Å². The Balaban J connectivity index is 1.96. The number of carboxylic acid groups (broad SMARTS) is 1. The standard InChI is InChI=1S/C17H16O3S/c1-2-16(18)13-7-9-15(10-8-13)21-11-12-3-5-14(6-4-12)17(19)20/h3-10H,2,11H2,1H3,(H,19,20). The van der Waals surface area contributed by atoms with Crippen molar-refractivity contribution in [2.45, 2.75) is 24.0 Å². The van der Waals surface area contributed by atoms with Crippen LogP contribution in [0, 0.1) is 0 Å². The van der Waals surface area contributed by atoms with Crippen molar-refractivity contribution in [1.82, 2.24) is 0 Å². The molecule has 0 saturated heterocycles. The Hall–Kier alpha value is -2.07. The topological polar surface area (TPSA) is 54.4 Å². The molecule has 0 aliphatic carbocycles. The second kappa shape index (κ2) is 7.09. The van der Waals surface area contributed by atoms with Crippen LogP contribution >= 0.6 is 11.8 Å². The highest BCUT2D eigenvalue weighted by molar-refractivity contribution is 7.98. The molecule has 0 fully saturated rings. The SMILES string of the molecule is CCC(=O)c1ccc(SCc2ccc(C(=O)O)cc2)cc1. The molecule has 21 heavy (non-hydrogen) atoms. The van der Waals surface area contributed by atoms with Gasteiger partial charge in [0.25, 0.3) is 0 Å². The lowest BCUT2D eigenvalue weighted by atomic mass is 10.1. The van der Waals surface area contributed by atoms with Gasteiger partial charge in [-0.25, -0.2) is 4.79 Å². The van der Waals surface area contributed by atoms with Gasteiger partial charge in [0.1, 0.15) is 0 Å². The summed E-state index contributed by atoms with van der Waals surface area (Å²) in [5, 5.41) is 8.84. The molecule has 0 aliphatic rings. The summed E-state index contributed by atoms with van der Waals surface area (Å²) >= 11 is 1.66. The first-order valence-electron chi connectivity index (χ1n) is 6.68. The first-order valence-corrected chi connectivity index (χ1v) is 7.67. The molecule has 0 radical (unpaired) electrons. The molecule has 4 heteroatoms. The molecule has 0 saturated carbocycles. The summed E-state index contributed by atoms with van der Waals surface area (Å²) in [6, 6.07) is 14.5. The van der Waals surface area contributed by atoms with Gasteiger partial charge in [0.15, 0.2) is 5.78 Å². The number of carboxylic acids is 1. The highest BCUT2D eigenvalue weighted by Gasteiger charge is 2.04. The van der Waals surface area contributed by atoms with Crippen LogP contribution in [0.1, 0.15) is 39.6 Å². The van der Waals surface area contributed by atoms with Crippen LogP contribution in [-0.4, -0.2) is 16.9 Å². The minimum absolute atomic E-state index is 0.149. The molecule has 0 unspecified atom stereocenters. The van der Waals surface area contributed by atoms with E-state index in [4.69, 9.17) is 5.11 Å². The molecule has 0 aliphatic heterocycles. The molecule has 1 N–H and O–H groups in total. The molecule has 0 aromatic heterocycles. The number of carbonyl (C=O) groups excluding carboxylic acids is 1. The van der Waals surface area contributed by atoms with Crippen LogP contribution in [0.3, 0.4) is 0 Å². The van der Waals surface area contributed by atoms with Gasteiger partial charge >= 0.3 is 5.97 Å². The smallest absolute Gasteiger partial charge is 0.335 e. The highest BCUT2D eigenvalue weighted by atomic mass is 32.2. The Morgan fingerprint density at radius 2 is 1.52 bits per heavy atom. The number of rotatable bonds is 6. The van der Waals surface area contributed by atoms with Gasteiger partial charge in [-0.1, -0.05) is 31.2 Å². The fourth-order valence-electron chi connectivity index (χ4n) is 1.85. The first-order chi connectivity index (χ1) is 10.1. The third-order valence-corrected chi connectivity index (χ3v) is 4.19. The predicted molar refractivity (Wildman–Crippen MR) is 84.0 cm³/mol. The van der Waals surface area contributed by atoms with Crippen LogP contribution in [0.4, 0.5) is 0 Å². The van der Waals surface area contributed by atoms with Crippen LogP contribution in [0.5, 0.6) is 0 Å². The molecule has 0 amide bonds. The third-order valence-electron chi connectivity index (χ3n) is 3.10. The number of aromatic carboxylic acids is 1. The molecule has 2 rings (SSSR count). The molecule has 108 valence electrons. The van der Waals surface area contributed by atoms with Crippen LogP contribution in [0.15, 0.2) is 53.4 Å². The van der Waals surface area contributed by atoms with E-state index < -0.39 is 5.97 Å². The van der Waals surface area contributed by atoms with Crippen LogP contribution in [-0.2, 0) is 5.75 Å². The van der Waals surface area contributed by atoms with Crippen molar-refractivity contribution in [3.63, 3.8) is 0 Å². The zero-order valence-electron chi connectivity index (χ0n) is 11.7. The van der Waals surface area contributed by atoms with E-state index in [-0.39, 0.29) is 5.78 Å². The van der Waals surface area contributed by atoms with Crippen molar-refractivity contribution in [2.24, 2.45) is 0 Å². The third kappa shape index (κ3) is 4.20. The fourth-order valence-corrected chi connectivity index (χ4v) is 2.71. The molecule has 0 heterocycles. The van der Waals surface area contributed by atoms with E-state index in [0.29, 0.717) is 12.0 Å². The maximum atomic E-state index is 11.5. The monoisotopic (exact) mass is 300 g/mol. The quantitative estimate of drug-likeness (QED) is 0.639. The van der Waals surface area contributed by atoms with Crippen LogP contribution in [0.25, 0.3) is 0 Å². The number of Topliss-reactive ketones (excluding diaryl/α,β-unsaturated/α-hetero) is 1. The normalized spacial score (nSPS) is 10.3. The van der Waals surface area contributed by atoms with E-state index in [1.807, 2.05) is 43.3 Å². The van der Waals surface area contributed by atoms with Gasteiger partial charge in [0.2, 0.25) is 0 Å². The molecule has 3 nitrogen and oxygen atoms in total. The second-order valence-corrected chi connectivity index (χ2v) is 5.64. The maximum absolute atomic E-state index is 11.5. The number of hydrogen-bond acceptors (Lipinski definition) is 3. The summed E-state index contributed by atoms with van der Waals surface area (Å²) in [6.45, 7) is 1.85. The van der Waals surface area contributed by atoms with Crippen molar-refractivity contribution < 1.29 is 14.7 Å². The Kier molecular flexibility index (Phi) is 5.17. The first kappa shape index (κ1) is 15.3. The van der Waals surface area contributed by atoms with Crippen LogP contribution in [0.2, 0.25) is 0 Å². The number of hydrogen-bond donors (Lipinski definition) is 1. The van der Waals surface area contributed by atoms with Crippen LogP contribution < -0.4 is 0 Å². The number of benzene rings is 2. The fraction of sp³-hybridized carbons (Fsp3) is 0.176. The van der Waals surface area contributed by atoms with E-state index in [2.05, 4.69) is 0 Å². The van der Waals surface area contributed by atoms with E-state index in [1.165, 1.54) is 0 Å². The van der Waals surface area contributed by atoms with Crippen molar-refractivity contribution >= 4 is 23.5 Å². The number of thioether (sulfide) groups is 1. The van der Waals surface area contributed by atoms with E-state index in [1.54, 1.807) is 23.9 Å². The molecule has 2 aromatic rings. The largest absolute Gasteiger partial charge is 0.478 e. The summed E-state index contributed by atoms with van der Waals surface area (Å²) in [4.78, 5) is 23.4. The summed E-state index contributed by atoms with van der Waals surface area (Å²) in [7, 11) is 0. The molecule has 0 bridgehead atoms. The Morgan fingerprint density at radius 3 is 2.05 bits per heavy atom. The summed E-state index contributed by atoms with van der Waals surface area (Å²) in [5.74, 6) is 0.00207. The zero-order chi connectivity index (χ0) is 15.2. The highest BCUT2D eigenvalue weighted by Crippen LogP contribution is 2.23. The van der Waals surface area contributed by atoms with E-state index in [9.17, 15) is 9.59 Å². The van der Waals surface area contributed by atoms with Crippen molar-refractivity contribution in [1.29, 1.82) is 0 Å². The summed E-state index contributed by atoms with van der Waals surface area (Å²) < 4.78 is 0. The maximum Gasteiger partial charge on any atom is 0.335 e. The van der Waals surface area contributed by atoms with Gasteiger partial charge in [-0.05, 0) is 29.8 Å². The average Bonchev–Trinajstić information content (AvgIpc) is 2.53. The molecular formula is C17H16O3S. The lowest BCUT2D eigenvalue weighted by Crippen LogP contribution is -1.96. The average molecular weight is 300 g/mol. The second-order valence-electron chi connectivity index (χ2n) is 4.59. The molecule has 2 aromatic carbocycles. The van der Waals surface area contributed by atoms with E-state index in [0.717, 1.165) is 21.8 Å². The van der Waals surface area contributed by atoms with Gasteiger partial charge in [0, 0.05) is 22.6 Å². The summed E-state index contributed by atoms with van der Waals surface area (Å²) in [6.07, 6.45) is 0.516. The minimum atomic E-state index is -0.912. The van der Waals surface area contributed by atoms with Gasteiger partial charge in [-0.2, -0.15) is 0 Å². The number of carbonyl (C=O) groups is 2. The lowest BCUT2D eigenvalue weighted by molar-refractivity contribution is 0.0696. The van der Waals surface area contributed by atoms with Gasteiger partial charge in [-0.3, -0.25) is 4.79 Å². The van der Waals surface area contributed by atoms with Gasteiger partial charge < -0.3 is 5.11 Å². The van der Waals surface area contributed by atoms with Crippen molar-refractivity contribution in [2.75, 3.05) is 0 Å². The number of ketones is 1. The predicted octanol–water partition coefficient (Wildman–Crippen LogP) is 4.27.